The molecule has 0 unspecified atom stereocenters. The van der Waals surface area contributed by atoms with E-state index in [1.807, 2.05) is 12.1 Å². The van der Waals surface area contributed by atoms with Gasteiger partial charge in [-0.25, -0.2) is 0 Å². The van der Waals surface area contributed by atoms with E-state index in [1.165, 1.54) is 0 Å². The van der Waals surface area contributed by atoms with Gasteiger partial charge in [0.2, 0.25) is 5.91 Å². The van der Waals surface area contributed by atoms with Crippen LogP contribution in [0.1, 0.15) is 12.8 Å². The number of aliphatic carboxylic acids is 1. The van der Waals surface area contributed by atoms with Crippen molar-refractivity contribution in [2.45, 2.75) is 12.8 Å². The summed E-state index contributed by atoms with van der Waals surface area (Å²) < 4.78 is 0.951. The van der Waals surface area contributed by atoms with Gasteiger partial charge >= 0.3 is 5.97 Å². The van der Waals surface area contributed by atoms with Crippen molar-refractivity contribution < 1.29 is 14.7 Å². The number of nitrogens with one attached hydrogen (secondary N) is 2. The standard InChI is InChI=1S/C12H15BrN2O3/c13-9-3-5-10(6-4-9)15-11(16)8-14-7-1-2-12(17)18/h3-6,14H,1-2,7-8H2,(H,15,16)(H,17,18). The Bertz CT molecular complexity index is 406. The molecule has 0 saturated heterocycles. The lowest BCUT2D eigenvalue weighted by atomic mass is 10.3. The summed E-state index contributed by atoms with van der Waals surface area (Å²) in [5.74, 6) is -0.969. The fourth-order valence-electron chi connectivity index (χ4n) is 1.30. The molecule has 1 amide bonds. The van der Waals surface area contributed by atoms with Crippen LogP contribution in [0.3, 0.4) is 0 Å². The SMILES string of the molecule is O=C(O)CCCNCC(=O)Nc1ccc(Br)cc1. The van der Waals surface area contributed by atoms with E-state index in [-0.39, 0.29) is 18.9 Å². The van der Waals surface area contributed by atoms with Crippen LogP contribution >= 0.6 is 15.9 Å². The zero-order valence-corrected chi connectivity index (χ0v) is 11.4. The van der Waals surface area contributed by atoms with Crippen molar-refractivity contribution in [3.63, 3.8) is 0 Å². The van der Waals surface area contributed by atoms with Gasteiger partial charge in [0.15, 0.2) is 0 Å². The van der Waals surface area contributed by atoms with Gasteiger partial charge in [0.05, 0.1) is 6.54 Å². The molecular weight excluding hydrogens is 300 g/mol. The van der Waals surface area contributed by atoms with Crippen molar-refractivity contribution in [2.75, 3.05) is 18.4 Å². The Morgan fingerprint density at radius 2 is 1.89 bits per heavy atom. The topological polar surface area (TPSA) is 78.4 Å². The number of carbonyl (C=O) groups is 2. The molecule has 1 aromatic carbocycles. The highest BCUT2D eigenvalue weighted by molar-refractivity contribution is 9.10. The molecule has 1 rings (SSSR count). The van der Waals surface area contributed by atoms with E-state index in [0.29, 0.717) is 13.0 Å². The van der Waals surface area contributed by atoms with Gasteiger partial charge in [0.1, 0.15) is 0 Å². The Balaban J connectivity index is 2.17. The van der Waals surface area contributed by atoms with Crippen LogP contribution in [0.2, 0.25) is 0 Å². The minimum Gasteiger partial charge on any atom is -0.481 e. The summed E-state index contributed by atoms with van der Waals surface area (Å²) in [6, 6.07) is 7.28. The van der Waals surface area contributed by atoms with Crippen LogP contribution in [0.4, 0.5) is 5.69 Å². The number of hydrogen-bond acceptors (Lipinski definition) is 3. The van der Waals surface area contributed by atoms with Crippen LogP contribution in [0.15, 0.2) is 28.7 Å². The fraction of sp³-hybridized carbons (Fsp3) is 0.333. The van der Waals surface area contributed by atoms with Crippen molar-refractivity contribution in [3.8, 4) is 0 Å². The molecule has 0 aliphatic heterocycles. The maximum atomic E-state index is 11.5. The quantitative estimate of drug-likeness (QED) is 0.671. The molecular formula is C12H15BrN2O3. The molecule has 5 nitrogen and oxygen atoms in total. The molecule has 3 N–H and O–H groups in total. The molecule has 18 heavy (non-hydrogen) atoms. The van der Waals surface area contributed by atoms with Gasteiger partial charge in [-0.3, -0.25) is 9.59 Å². The highest BCUT2D eigenvalue weighted by Gasteiger charge is 2.02. The molecule has 0 radical (unpaired) electrons. The fourth-order valence-corrected chi connectivity index (χ4v) is 1.57. The molecule has 0 saturated carbocycles. The minimum atomic E-state index is -0.823. The van der Waals surface area contributed by atoms with Gasteiger partial charge in [0.25, 0.3) is 0 Å². The molecule has 0 fully saturated rings. The minimum absolute atomic E-state index is 0.112. The largest absolute Gasteiger partial charge is 0.481 e. The first kappa shape index (κ1) is 14.7. The third-order valence-electron chi connectivity index (χ3n) is 2.16. The summed E-state index contributed by atoms with van der Waals surface area (Å²) in [6.07, 6.45) is 0.627. The summed E-state index contributed by atoms with van der Waals surface area (Å²) in [4.78, 5) is 21.7. The van der Waals surface area contributed by atoms with Crippen LogP contribution < -0.4 is 10.6 Å². The Kier molecular flexibility index (Phi) is 6.38. The van der Waals surface area contributed by atoms with Gasteiger partial charge in [-0.2, -0.15) is 0 Å². The number of carboxylic acid groups (broad SMARTS) is 1. The highest BCUT2D eigenvalue weighted by Crippen LogP contribution is 2.13. The molecule has 0 aliphatic rings. The second-order valence-electron chi connectivity index (χ2n) is 3.73. The number of rotatable bonds is 7. The normalized spacial score (nSPS) is 10.1. The molecule has 0 spiro atoms. The van der Waals surface area contributed by atoms with E-state index in [9.17, 15) is 9.59 Å². The Hall–Kier alpha value is -1.40. The van der Waals surface area contributed by atoms with Crippen molar-refractivity contribution in [2.24, 2.45) is 0 Å². The van der Waals surface area contributed by atoms with E-state index in [1.54, 1.807) is 12.1 Å². The van der Waals surface area contributed by atoms with Crippen LogP contribution in [0.25, 0.3) is 0 Å². The predicted molar refractivity (Wildman–Crippen MR) is 72.5 cm³/mol. The summed E-state index contributed by atoms with van der Waals surface area (Å²) >= 11 is 3.31. The summed E-state index contributed by atoms with van der Waals surface area (Å²) in [6.45, 7) is 0.690. The smallest absolute Gasteiger partial charge is 0.303 e. The van der Waals surface area contributed by atoms with E-state index < -0.39 is 5.97 Å². The van der Waals surface area contributed by atoms with Crippen LogP contribution in [-0.2, 0) is 9.59 Å². The van der Waals surface area contributed by atoms with Gasteiger partial charge in [0, 0.05) is 16.6 Å². The van der Waals surface area contributed by atoms with Crippen LogP contribution in [0, 0.1) is 0 Å². The average molecular weight is 315 g/mol. The number of amides is 1. The first-order chi connectivity index (χ1) is 8.58. The summed E-state index contributed by atoms with van der Waals surface area (Å²) in [7, 11) is 0. The molecule has 98 valence electrons. The highest BCUT2D eigenvalue weighted by atomic mass is 79.9. The van der Waals surface area contributed by atoms with Gasteiger partial charge < -0.3 is 15.7 Å². The number of carboxylic acids is 1. The van der Waals surface area contributed by atoms with Crippen molar-refractivity contribution in [1.82, 2.24) is 5.32 Å². The molecule has 6 heteroatoms. The van der Waals surface area contributed by atoms with E-state index in [2.05, 4.69) is 26.6 Å². The second kappa shape index (κ2) is 7.84. The van der Waals surface area contributed by atoms with E-state index >= 15 is 0 Å². The molecule has 0 bridgehead atoms. The van der Waals surface area contributed by atoms with Gasteiger partial charge in [-0.15, -0.1) is 0 Å². The van der Waals surface area contributed by atoms with Crippen molar-refractivity contribution in [1.29, 1.82) is 0 Å². The maximum absolute atomic E-state index is 11.5. The van der Waals surface area contributed by atoms with Crippen LogP contribution in [0.5, 0.6) is 0 Å². The monoisotopic (exact) mass is 314 g/mol. The maximum Gasteiger partial charge on any atom is 0.303 e. The number of halogens is 1. The molecule has 1 aromatic rings. The lowest BCUT2D eigenvalue weighted by Gasteiger charge is -2.06. The number of hydrogen-bond donors (Lipinski definition) is 3. The number of benzene rings is 1. The lowest BCUT2D eigenvalue weighted by Crippen LogP contribution is -2.28. The third-order valence-corrected chi connectivity index (χ3v) is 2.69. The van der Waals surface area contributed by atoms with E-state index in [4.69, 9.17) is 5.11 Å². The Morgan fingerprint density at radius 3 is 2.50 bits per heavy atom. The second-order valence-corrected chi connectivity index (χ2v) is 4.64. The number of carbonyl (C=O) groups excluding carboxylic acids is 1. The zero-order valence-electron chi connectivity index (χ0n) is 9.78. The summed E-state index contributed by atoms with van der Waals surface area (Å²) in [5.41, 5.74) is 0.732. The Labute approximate surface area is 114 Å². The zero-order chi connectivity index (χ0) is 13.4. The molecule has 0 aliphatic carbocycles. The van der Waals surface area contributed by atoms with Crippen LogP contribution in [-0.4, -0.2) is 30.1 Å². The Morgan fingerprint density at radius 1 is 1.22 bits per heavy atom. The summed E-state index contributed by atoms with van der Waals surface area (Å²) in [5, 5.41) is 14.0. The first-order valence-corrected chi connectivity index (χ1v) is 6.35. The van der Waals surface area contributed by atoms with Gasteiger partial charge in [-0.05, 0) is 37.2 Å². The molecule has 0 aromatic heterocycles. The van der Waals surface area contributed by atoms with Crippen molar-refractivity contribution in [3.05, 3.63) is 28.7 Å². The first-order valence-electron chi connectivity index (χ1n) is 5.56. The predicted octanol–water partition coefficient (Wildman–Crippen LogP) is 1.84. The lowest BCUT2D eigenvalue weighted by molar-refractivity contribution is -0.137. The van der Waals surface area contributed by atoms with Gasteiger partial charge in [-0.1, -0.05) is 15.9 Å². The third kappa shape index (κ3) is 6.36. The average Bonchev–Trinajstić information content (AvgIpc) is 2.31. The molecule has 0 heterocycles. The number of anilines is 1. The van der Waals surface area contributed by atoms with E-state index in [0.717, 1.165) is 10.2 Å². The molecule has 0 atom stereocenters. The van der Waals surface area contributed by atoms with Crippen molar-refractivity contribution >= 4 is 33.5 Å².